The molecule has 0 saturated heterocycles. The lowest BCUT2D eigenvalue weighted by Crippen LogP contribution is -2.37. The van der Waals surface area contributed by atoms with Crippen LogP contribution < -0.4 is 4.89 Å². The normalized spacial score (nSPS) is 14.1. The quantitative estimate of drug-likeness (QED) is 0.0152. The Bertz CT molecular complexity index is 1070. The molecule has 0 radical (unpaired) electrons. The Balaban J connectivity index is 4.59. The first kappa shape index (κ1) is 52.0. The zero-order valence-corrected chi connectivity index (χ0v) is 36.0. The van der Waals surface area contributed by atoms with Crippen molar-refractivity contribution in [2.24, 2.45) is 0 Å². The van der Waals surface area contributed by atoms with Gasteiger partial charge in [-0.3, -0.25) is 4.57 Å². The summed E-state index contributed by atoms with van der Waals surface area (Å²) < 4.78 is 33.4. The summed E-state index contributed by atoms with van der Waals surface area (Å²) in [5.41, 5.74) is 0. The lowest BCUT2D eigenvalue weighted by atomic mass is 10.1. The average Bonchev–Trinajstić information content (AvgIpc) is 3.12. The van der Waals surface area contributed by atoms with E-state index < -0.39 is 32.5 Å². The molecule has 314 valence electrons. The van der Waals surface area contributed by atoms with Gasteiger partial charge in [-0.2, -0.15) is 0 Å². The summed E-state index contributed by atoms with van der Waals surface area (Å²) in [5, 5.41) is 0. The highest BCUT2D eigenvalue weighted by Crippen LogP contribution is 2.38. The second-order valence-corrected chi connectivity index (χ2v) is 16.9. The topological polar surface area (TPSA) is 111 Å². The molecule has 0 bridgehead atoms. The molecule has 0 aliphatic heterocycles. The van der Waals surface area contributed by atoms with Crippen LogP contribution in [0.2, 0.25) is 0 Å². The highest BCUT2D eigenvalue weighted by Gasteiger charge is 2.20. The fraction of sp³-hybridized carbons (Fsp3) is 0.773. The van der Waals surface area contributed by atoms with Crippen LogP contribution in [0.4, 0.5) is 0 Å². The maximum absolute atomic E-state index is 12.5. The first-order valence-corrected chi connectivity index (χ1v) is 22.9. The van der Waals surface area contributed by atoms with Crippen LogP contribution in [-0.4, -0.2) is 70.0 Å². The molecule has 0 aliphatic rings. The lowest BCUT2D eigenvalue weighted by molar-refractivity contribution is -0.870. The number of quaternary nitrogens is 1. The minimum atomic E-state index is -4.67. The van der Waals surface area contributed by atoms with Crippen molar-refractivity contribution in [2.45, 2.75) is 174 Å². The molecule has 54 heavy (non-hydrogen) atoms. The van der Waals surface area contributed by atoms with E-state index in [0.717, 1.165) is 25.7 Å². The lowest BCUT2D eigenvalue weighted by Gasteiger charge is -2.28. The van der Waals surface area contributed by atoms with Crippen LogP contribution in [0.3, 0.4) is 0 Å². The Labute approximate surface area is 331 Å². The molecule has 0 amide bonds. The van der Waals surface area contributed by atoms with Crippen molar-refractivity contribution in [3.63, 3.8) is 0 Å². The van der Waals surface area contributed by atoms with Crippen molar-refractivity contribution < 1.29 is 42.1 Å². The Kier molecular flexibility index (Phi) is 35.2. The molecule has 0 spiro atoms. The molecular formula is C44H80NO8P. The van der Waals surface area contributed by atoms with Gasteiger partial charge in [0.25, 0.3) is 7.82 Å². The molecule has 1 unspecified atom stereocenters. The fourth-order valence-corrected chi connectivity index (χ4v) is 6.38. The average molecular weight is 782 g/mol. The van der Waals surface area contributed by atoms with Gasteiger partial charge in [0.2, 0.25) is 0 Å². The maximum atomic E-state index is 12.5. The minimum Gasteiger partial charge on any atom is -0.756 e. The maximum Gasteiger partial charge on any atom is 0.331 e. The van der Waals surface area contributed by atoms with Gasteiger partial charge in [-0.05, 0) is 25.7 Å². The molecule has 0 aliphatic carbocycles. The predicted octanol–water partition coefficient (Wildman–Crippen LogP) is 11.3. The number of esters is 2. The van der Waals surface area contributed by atoms with Gasteiger partial charge >= 0.3 is 11.9 Å². The van der Waals surface area contributed by atoms with E-state index in [0.29, 0.717) is 11.0 Å². The van der Waals surface area contributed by atoms with Crippen LogP contribution in [0, 0.1) is 0 Å². The molecule has 0 aromatic rings. The van der Waals surface area contributed by atoms with Gasteiger partial charge < -0.3 is 27.9 Å². The summed E-state index contributed by atoms with van der Waals surface area (Å²) in [7, 11) is 1.07. The summed E-state index contributed by atoms with van der Waals surface area (Å²) in [6, 6.07) is 0. The summed E-state index contributed by atoms with van der Waals surface area (Å²) in [5.74, 6) is -1.34. The third kappa shape index (κ3) is 39.7. The molecule has 0 heterocycles. The van der Waals surface area contributed by atoms with Crippen molar-refractivity contribution >= 4 is 19.8 Å². The third-order valence-electron chi connectivity index (χ3n) is 9.03. The number of ether oxygens (including phenoxy) is 2. The molecule has 9 nitrogen and oxygen atoms in total. The van der Waals surface area contributed by atoms with E-state index in [-0.39, 0.29) is 13.2 Å². The van der Waals surface area contributed by atoms with E-state index in [4.69, 9.17) is 18.5 Å². The van der Waals surface area contributed by atoms with Gasteiger partial charge in [-0.15, -0.1) is 0 Å². The summed E-state index contributed by atoms with van der Waals surface area (Å²) >= 11 is 0. The Morgan fingerprint density at radius 3 is 1.41 bits per heavy atom. The van der Waals surface area contributed by atoms with Crippen molar-refractivity contribution in [1.29, 1.82) is 0 Å². The second-order valence-electron chi connectivity index (χ2n) is 15.5. The van der Waals surface area contributed by atoms with Crippen LogP contribution in [-0.2, 0) is 32.7 Å². The molecular weight excluding hydrogens is 701 g/mol. The standard InChI is InChI=1S/C44H80NO8P/c1-6-8-10-12-14-16-18-20-22-24-26-28-30-32-34-36-43(46)50-40-42(41-52-54(48,49)51-39-38-45(3,4)5)53-44(47)37-35-33-31-29-27-25-23-21-19-17-15-13-11-9-7-2/h30-37,42H,6-29,38-41H2,1-5H3/b32-30+,33-31+,36-34+,37-35+/t42-/m0/s1. The SMILES string of the molecule is CCCCCCCCCCCCC/C=C/C=C/C(=O)OC[C@@H](COP(=O)([O-])OCC[N+](C)(C)C)OC(=O)/C=C/C=C/CCCCCCCCCCCCC. The molecule has 0 saturated carbocycles. The fourth-order valence-electron chi connectivity index (χ4n) is 5.65. The number of carbonyl (C=O) groups is 2. The number of rotatable bonds is 38. The second kappa shape index (κ2) is 36.6. The van der Waals surface area contributed by atoms with Crippen molar-refractivity contribution in [3.8, 4) is 0 Å². The van der Waals surface area contributed by atoms with Gasteiger partial charge in [0.05, 0.1) is 27.7 Å². The van der Waals surface area contributed by atoms with Crippen LogP contribution in [0.15, 0.2) is 48.6 Å². The van der Waals surface area contributed by atoms with Crippen LogP contribution in [0.1, 0.15) is 168 Å². The number of carbonyl (C=O) groups excluding carboxylic acids is 2. The highest BCUT2D eigenvalue weighted by atomic mass is 31.2. The third-order valence-corrected chi connectivity index (χ3v) is 10.00. The Hall–Kier alpha value is -2.03. The molecule has 0 aromatic carbocycles. The minimum absolute atomic E-state index is 0.0600. The van der Waals surface area contributed by atoms with E-state index in [9.17, 15) is 19.0 Å². The molecule has 0 fully saturated rings. The monoisotopic (exact) mass is 782 g/mol. The number of nitrogens with zero attached hydrogens (tertiary/aromatic N) is 1. The van der Waals surface area contributed by atoms with Gasteiger partial charge in [-0.1, -0.05) is 179 Å². The zero-order valence-electron chi connectivity index (χ0n) is 35.2. The van der Waals surface area contributed by atoms with E-state index in [1.165, 1.54) is 141 Å². The van der Waals surface area contributed by atoms with Gasteiger partial charge in [0.1, 0.15) is 19.8 Å². The molecule has 10 heteroatoms. The molecule has 0 aromatic heterocycles. The van der Waals surface area contributed by atoms with E-state index in [2.05, 4.69) is 13.8 Å². The number of allylic oxidation sites excluding steroid dienone is 6. The van der Waals surface area contributed by atoms with Crippen molar-refractivity contribution in [2.75, 3.05) is 47.5 Å². The smallest absolute Gasteiger partial charge is 0.331 e. The largest absolute Gasteiger partial charge is 0.756 e. The summed E-state index contributed by atoms with van der Waals surface area (Å²) in [6.45, 7) is 3.96. The van der Waals surface area contributed by atoms with E-state index >= 15 is 0 Å². The summed E-state index contributed by atoms with van der Waals surface area (Å²) in [4.78, 5) is 37.2. The van der Waals surface area contributed by atoms with Crippen LogP contribution in [0.25, 0.3) is 0 Å². The van der Waals surface area contributed by atoms with Gasteiger partial charge in [0, 0.05) is 12.2 Å². The van der Waals surface area contributed by atoms with E-state index in [1.807, 2.05) is 39.4 Å². The number of unbranched alkanes of at least 4 members (excludes halogenated alkanes) is 22. The number of phosphoric ester groups is 1. The number of phosphoric acid groups is 1. The molecule has 0 rings (SSSR count). The first-order chi connectivity index (χ1) is 26.0. The van der Waals surface area contributed by atoms with Crippen LogP contribution >= 0.6 is 7.82 Å². The van der Waals surface area contributed by atoms with Crippen molar-refractivity contribution in [1.82, 2.24) is 0 Å². The Morgan fingerprint density at radius 2 is 0.981 bits per heavy atom. The summed E-state index contributed by atoms with van der Waals surface area (Å²) in [6.07, 6.45) is 42.7. The molecule has 0 N–H and O–H groups in total. The zero-order chi connectivity index (χ0) is 40.0. The number of hydrogen-bond acceptors (Lipinski definition) is 8. The van der Waals surface area contributed by atoms with Gasteiger partial charge in [0.15, 0.2) is 6.10 Å². The van der Waals surface area contributed by atoms with Crippen molar-refractivity contribution in [3.05, 3.63) is 48.6 Å². The Morgan fingerprint density at radius 1 is 0.574 bits per heavy atom. The number of hydrogen-bond donors (Lipinski definition) is 0. The molecule has 2 atom stereocenters. The van der Waals surface area contributed by atoms with Gasteiger partial charge in [-0.25, -0.2) is 9.59 Å². The first-order valence-electron chi connectivity index (χ1n) is 21.4. The highest BCUT2D eigenvalue weighted by molar-refractivity contribution is 7.45. The van der Waals surface area contributed by atoms with Crippen LogP contribution in [0.5, 0.6) is 0 Å². The number of likely N-dealkylation sites (N-methyl/N-ethyl adjacent to an activating group) is 1. The van der Waals surface area contributed by atoms with E-state index in [1.54, 1.807) is 18.2 Å². The predicted molar refractivity (Wildman–Crippen MR) is 222 cm³/mol.